The summed E-state index contributed by atoms with van der Waals surface area (Å²) in [6.07, 6.45) is 1.96. The molecule has 2 aromatic carbocycles. The Morgan fingerprint density at radius 2 is 1.88 bits per heavy atom. The predicted molar refractivity (Wildman–Crippen MR) is 129 cm³/mol. The van der Waals surface area contributed by atoms with Gasteiger partial charge < -0.3 is 19.5 Å². The molecule has 6 nitrogen and oxygen atoms in total. The maximum Gasteiger partial charge on any atom is 0.322 e. The first-order chi connectivity index (χ1) is 16.4. The monoisotopic (exact) mass is 456 g/mol. The van der Waals surface area contributed by atoms with Crippen LogP contribution in [-0.2, 0) is 6.54 Å². The first-order valence-electron chi connectivity index (χ1n) is 11.1. The van der Waals surface area contributed by atoms with E-state index in [-0.39, 0.29) is 11.8 Å². The van der Waals surface area contributed by atoms with Crippen molar-refractivity contribution < 1.29 is 13.9 Å². The maximum absolute atomic E-state index is 13.8. The van der Waals surface area contributed by atoms with Gasteiger partial charge in [-0.15, -0.1) is 0 Å². The van der Waals surface area contributed by atoms with Crippen molar-refractivity contribution in [3.05, 3.63) is 107 Å². The lowest BCUT2D eigenvalue weighted by molar-refractivity contribution is 0.194. The molecule has 0 unspecified atom stereocenters. The van der Waals surface area contributed by atoms with E-state index in [1.807, 2.05) is 61.0 Å². The molecule has 0 aliphatic carbocycles. The fourth-order valence-corrected chi connectivity index (χ4v) is 4.55. The smallest absolute Gasteiger partial charge is 0.322 e. The molecule has 0 fully saturated rings. The van der Waals surface area contributed by atoms with Crippen LogP contribution in [0.5, 0.6) is 5.75 Å². The van der Waals surface area contributed by atoms with Gasteiger partial charge in [0, 0.05) is 29.2 Å². The first-order valence-corrected chi connectivity index (χ1v) is 11.1. The summed E-state index contributed by atoms with van der Waals surface area (Å²) in [5, 5.41) is 3.01. The number of carbonyl (C=O) groups is 1. The van der Waals surface area contributed by atoms with Crippen molar-refractivity contribution in [3.63, 3.8) is 0 Å². The number of hydrogen-bond donors (Lipinski definition) is 1. The van der Waals surface area contributed by atoms with Crippen LogP contribution in [0.1, 0.15) is 34.1 Å². The van der Waals surface area contributed by atoms with Gasteiger partial charge >= 0.3 is 6.03 Å². The number of ether oxygens (including phenoxy) is 1. The molecule has 0 saturated heterocycles. The molecule has 4 aromatic rings. The second-order valence-electron chi connectivity index (χ2n) is 8.43. The zero-order chi connectivity index (χ0) is 23.8. The van der Waals surface area contributed by atoms with Crippen molar-refractivity contribution in [1.82, 2.24) is 14.5 Å². The van der Waals surface area contributed by atoms with E-state index in [0.717, 1.165) is 33.9 Å². The second-order valence-corrected chi connectivity index (χ2v) is 8.43. The Labute approximate surface area is 197 Å². The molecule has 0 radical (unpaired) electrons. The van der Waals surface area contributed by atoms with Crippen LogP contribution >= 0.6 is 0 Å². The number of aromatic nitrogens is 2. The van der Waals surface area contributed by atoms with Gasteiger partial charge in [-0.1, -0.05) is 18.2 Å². The molecule has 2 aromatic heterocycles. The molecule has 5 rings (SSSR count). The SMILES string of the molecule is COc1cccc(NC(=O)N2Cc3c(C)cc(C)nc3-n3cccc3[C@@H]2c2ccc(F)cc2)c1. The molecule has 34 heavy (non-hydrogen) atoms. The van der Waals surface area contributed by atoms with Gasteiger partial charge in [-0.05, 0) is 67.4 Å². The maximum atomic E-state index is 13.8. The molecule has 1 aliphatic rings. The van der Waals surface area contributed by atoms with Crippen LogP contribution in [0, 0.1) is 19.7 Å². The third-order valence-corrected chi connectivity index (χ3v) is 6.15. The lowest BCUT2D eigenvalue weighted by atomic mass is 10.0. The summed E-state index contributed by atoms with van der Waals surface area (Å²) in [6.45, 7) is 4.34. The molecule has 1 N–H and O–H groups in total. The highest BCUT2D eigenvalue weighted by molar-refractivity contribution is 5.90. The number of nitrogens with one attached hydrogen (secondary N) is 1. The number of urea groups is 1. The lowest BCUT2D eigenvalue weighted by Gasteiger charge is -2.31. The Morgan fingerprint density at radius 1 is 1.09 bits per heavy atom. The Kier molecular flexibility index (Phi) is 5.53. The number of aryl methyl sites for hydroxylation is 2. The molecule has 2 amide bonds. The molecule has 7 heteroatoms. The molecular weight excluding hydrogens is 431 g/mol. The summed E-state index contributed by atoms with van der Waals surface area (Å²) in [5.41, 5.74) is 5.24. The minimum atomic E-state index is -0.449. The number of rotatable bonds is 3. The van der Waals surface area contributed by atoms with E-state index >= 15 is 0 Å². The molecule has 0 spiro atoms. The van der Waals surface area contributed by atoms with Crippen LogP contribution in [0.25, 0.3) is 5.82 Å². The number of methoxy groups -OCH3 is 1. The van der Waals surface area contributed by atoms with Crippen LogP contribution in [0.3, 0.4) is 0 Å². The summed E-state index contributed by atoms with van der Waals surface area (Å²) in [7, 11) is 1.59. The third kappa shape index (κ3) is 3.90. The number of pyridine rings is 1. The molecule has 0 bridgehead atoms. The molecule has 0 saturated carbocycles. The minimum Gasteiger partial charge on any atom is -0.497 e. The number of halogens is 1. The Hall–Kier alpha value is -4.13. The lowest BCUT2D eigenvalue weighted by Crippen LogP contribution is -2.38. The minimum absolute atomic E-state index is 0.275. The van der Waals surface area contributed by atoms with E-state index in [9.17, 15) is 9.18 Å². The molecule has 3 heterocycles. The van der Waals surface area contributed by atoms with Crippen LogP contribution in [0.4, 0.5) is 14.9 Å². The highest BCUT2D eigenvalue weighted by Crippen LogP contribution is 2.37. The number of nitrogens with zero attached hydrogens (tertiary/aromatic N) is 3. The summed E-state index contributed by atoms with van der Waals surface area (Å²) < 4.78 is 21.1. The Morgan fingerprint density at radius 3 is 2.65 bits per heavy atom. The average Bonchev–Trinajstić information content (AvgIpc) is 3.25. The molecular formula is C27H25FN4O2. The highest BCUT2D eigenvalue weighted by atomic mass is 19.1. The number of fused-ring (bicyclic) bond motifs is 3. The van der Waals surface area contributed by atoms with Gasteiger partial charge in [0.05, 0.1) is 25.4 Å². The van der Waals surface area contributed by atoms with Crippen molar-refractivity contribution in [2.24, 2.45) is 0 Å². The predicted octanol–water partition coefficient (Wildman–Crippen LogP) is 5.77. The quantitative estimate of drug-likeness (QED) is 0.426. The van der Waals surface area contributed by atoms with E-state index in [4.69, 9.17) is 9.72 Å². The fraction of sp³-hybridized carbons (Fsp3) is 0.185. The molecule has 1 atom stereocenters. The van der Waals surface area contributed by atoms with Gasteiger partial charge in [0.15, 0.2) is 0 Å². The highest BCUT2D eigenvalue weighted by Gasteiger charge is 2.34. The number of anilines is 1. The van der Waals surface area contributed by atoms with Crippen LogP contribution in [-0.4, -0.2) is 27.6 Å². The van der Waals surface area contributed by atoms with Gasteiger partial charge in [0.2, 0.25) is 0 Å². The van der Waals surface area contributed by atoms with Crippen molar-refractivity contribution in [3.8, 4) is 11.6 Å². The largest absolute Gasteiger partial charge is 0.497 e. The van der Waals surface area contributed by atoms with Gasteiger partial charge in [-0.2, -0.15) is 0 Å². The number of benzene rings is 2. The summed E-state index contributed by atoms with van der Waals surface area (Å²) >= 11 is 0. The van der Waals surface area contributed by atoms with Gasteiger partial charge in [-0.25, -0.2) is 14.2 Å². The normalized spacial score (nSPS) is 14.7. The van der Waals surface area contributed by atoms with E-state index in [1.54, 1.807) is 30.2 Å². The topological polar surface area (TPSA) is 59.4 Å². The van der Waals surface area contributed by atoms with E-state index in [1.165, 1.54) is 12.1 Å². The molecule has 1 aliphatic heterocycles. The van der Waals surface area contributed by atoms with Crippen molar-refractivity contribution >= 4 is 11.7 Å². The molecule has 172 valence electrons. The first kappa shape index (κ1) is 21.7. The van der Waals surface area contributed by atoms with Gasteiger partial charge in [-0.3, -0.25) is 0 Å². The zero-order valence-corrected chi connectivity index (χ0v) is 19.2. The van der Waals surface area contributed by atoms with Crippen molar-refractivity contribution in [2.45, 2.75) is 26.4 Å². The standard InChI is InChI=1S/C27H25FN4O2/c1-17-14-18(2)29-26-23(17)16-32(27(33)30-21-6-4-7-22(15-21)34-3)25(24-8-5-13-31(24)26)19-9-11-20(28)12-10-19/h4-15,25H,16H2,1-3H3,(H,30,33)/t25-/m0/s1. The van der Waals surface area contributed by atoms with Crippen molar-refractivity contribution in [1.29, 1.82) is 0 Å². The zero-order valence-electron chi connectivity index (χ0n) is 19.2. The van der Waals surface area contributed by atoms with Crippen LogP contribution in [0.2, 0.25) is 0 Å². The summed E-state index contributed by atoms with van der Waals surface area (Å²) in [5.74, 6) is 1.14. The van der Waals surface area contributed by atoms with Gasteiger partial charge in [0.25, 0.3) is 0 Å². The van der Waals surface area contributed by atoms with Crippen molar-refractivity contribution in [2.75, 3.05) is 12.4 Å². The fourth-order valence-electron chi connectivity index (χ4n) is 4.55. The van der Waals surface area contributed by atoms with Crippen LogP contribution in [0.15, 0.2) is 72.9 Å². The number of hydrogen-bond acceptors (Lipinski definition) is 3. The second kappa shape index (κ2) is 8.67. The van der Waals surface area contributed by atoms with Crippen LogP contribution < -0.4 is 10.1 Å². The summed E-state index contributed by atoms with van der Waals surface area (Å²) in [6, 6.07) is 18.8. The average molecular weight is 457 g/mol. The third-order valence-electron chi connectivity index (χ3n) is 6.15. The summed E-state index contributed by atoms with van der Waals surface area (Å²) in [4.78, 5) is 20.4. The van der Waals surface area contributed by atoms with E-state index < -0.39 is 6.04 Å². The Balaban J connectivity index is 1.65. The van der Waals surface area contributed by atoms with E-state index in [2.05, 4.69) is 5.32 Å². The van der Waals surface area contributed by atoms with E-state index in [0.29, 0.717) is 18.0 Å². The number of carbonyl (C=O) groups excluding carboxylic acids is 1. The number of amides is 2. The Bertz CT molecular complexity index is 1360. The van der Waals surface area contributed by atoms with Gasteiger partial charge in [0.1, 0.15) is 17.4 Å².